The van der Waals surface area contributed by atoms with Gasteiger partial charge in [0, 0.05) is 13.1 Å². The van der Waals surface area contributed by atoms with Crippen molar-refractivity contribution in [1.29, 1.82) is 0 Å². The summed E-state index contributed by atoms with van der Waals surface area (Å²) in [6.07, 6.45) is 2.08. The van der Waals surface area contributed by atoms with Crippen LogP contribution in [-0.4, -0.2) is 30.0 Å². The van der Waals surface area contributed by atoms with E-state index in [-0.39, 0.29) is 5.91 Å². The van der Waals surface area contributed by atoms with Crippen LogP contribution in [0.3, 0.4) is 0 Å². The Bertz CT molecular complexity index is 721. The second-order valence-corrected chi connectivity index (χ2v) is 7.09. The zero-order chi connectivity index (χ0) is 18.4. The van der Waals surface area contributed by atoms with Crippen molar-refractivity contribution in [3.63, 3.8) is 0 Å². The van der Waals surface area contributed by atoms with Crippen LogP contribution in [0, 0.1) is 6.92 Å². The Morgan fingerprint density at radius 2 is 1.81 bits per heavy atom. The topological polar surface area (TPSA) is 41.6 Å². The van der Waals surface area contributed by atoms with E-state index in [4.69, 9.17) is 4.74 Å². The molecule has 0 radical (unpaired) electrons. The third-order valence-corrected chi connectivity index (χ3v) is 4.77. The van der Waals surface area contributed by atoms with E-state index < -0.39 is 6.10 Å². The van der Waals surface area contributed by atoms with Gasteiger partial charge >= 0.3 is 0 Å². The van der Waals surface area contributed by atoms with E-state index >= 15 is 0 Å². The molecule has 1 saturated heterocycles. The molecule has 1 heterocycles. The van der Waals surface area contributed by atoms with Crippen molar-refractivity contribution in [2.75, 3.05) is 13.1 Å². The zero-order valence-corrected chi connectivity index (χ0v) is 15.7. The van der Waals surface area contributed by atoms with Gasteiger partial charge in [-0.3, -0.25) is 9.69 Å². The van der Waals surface area contributed by atoms with E-state index in [9.17, 15) is 4.79 Å². The number of nitrogens with one attached hydrogen (secondary N) is 1. The third kappa shape index (κ3) is 5.33. The molecule has 1 unspecified atom stereocenters. The van der Waals surface area contributed by atoms with Crippen molar-refractivity contribution in [2.45, 2.75) is 45.9 Å². The molecule has 4 nitrogen and oxygen atoms in total. The van der Waals surface area contributed by atoms with Crippen LogP contribution in [0.15, 0.2) is 48.5 Å². The van der Waals surface area contributed by atoms with Gasteiger partial charge in [0.25, 0.3) is 5.91 Å². The van der Waals surface area contributed by atoms with Crippen molar-refractivity contribution >= 4 is 5.91 Å². The van der Waals surface area contributed by atoms with E-state index in [1.54, 1.807) is 6.92 Å². The van der Waals surface area contributed by atoms with E-state index in [1.807, 2.05) is 31.2 Å². The van der Waals surface area contributed by atoms with Crippen LogP contribution < -0.4 is 10.1 Å². The fourth-order valence-corrected chi connectivity index (χ4v) is 3.24. The smallest absolute Gasteiger partial charge is 0.261 e. The predicted molar refractivity (Wildman–Crippen MR) is 104 cm³/mol. The van der Waals surface area contributed by atoms with Crippen molar-refractivity contribution in [2.24, 2.45) is 0 Å². The van der Waals surface area contributed by atoms with Crippen molar-refractivity contribution < 1.29 is 9.53 Å². The zero-order valence-electron chi connectivity index (χ0n) is 15.7. The van der Waals surface area contributed by atoms with Crippen LogP contribution in [0.25, 0.3) is 0 Å². The first kappa shape index (κ1) is 18.5. The maximum absolute atomic E-state index is 12.3. The van der Waals surface area contributed by atoms with E-state index in [1.165, 1.54) is 37.1 Å². The molecule has 0 spiro atoms. The number of aryl methyl sites for hydroxylation is 1. The monoisotopic (exact) mass is 352 g/mol. The summed E-state index contributed by atoms with van der Waals surface area (Å²) in [6, 6.07) is 16.2. The molecule has 1 N–H and O–H groups in total. The first-order valence-electron chi connectivity index (χ1n) is 9.41. The maximum Gasteiger partial charge on any atom is 0.261 e. The van der Waals surface area contributed by atoms with Gasteiger partial charge in [-0.25, -0.2) is 0 Å². The summed E-state index contributed by atoms with van der Waals surface area (Å²) in [6.45, 7) is 7.70. The van der Waals surface area contributed by atoms with Crippen LogP contribution in [0.2, 0.25) is 0 Å². The van der Waals surface area contributed by atoms with Gasteiger partial charge in [-0.2, -0.15) is 0 Å². The van der Waals surface area contributed by atoms with Gasteiger partial charge < -0.3 is 10.1 Å². The van der Waals surface area contributed by atoms with Gasteiger partial charge in [0.15, 0.2) is 6.10 Å². The first-order chi connectivity index (χ1) is 12.6. The van der Waals surface area contributed by atoms with E-state index in [0.29, 0.717) is 12.3 Å². The Morgan fingerprint density at radius 1 is 1.12 bits per heavy atom. The Kier molecular flexibility index (Phi) is 6.29. The molecule has 3 rings (SSSR count). The summed E-state index contributed by atoms with van der Waals surface area (Å²) in [7, 11) is 0. The maximum atomic E-state index is 12.3. The second kappa shape index (κ2) is 8.86. The van der Waals surface area contributed by atoms with Crippen molar-refractivity contribution in [3.8, 4) is 5.75 Å². The van der Waals surface area contributed by atoms with Gasteiger partial charge in [0.05, 0.1) is 0 Å². The fourth-order valence-electron chi connectivity index (χ4n) is 3.24. The highest BCUT2D eigenvalue weighted by atomic mass is 16.5. The quantitative estimate of drug-likeness (QED) is 0.827. The largest absolute Gasteiger partial charge is 0.481 e. The Hall–Kier alpha value is -2.33. The standard InChI is InChI=1S/C22H28N2O2/c1-17-8-10-21(11-9-17)26-18(2)22(25)23-15-19-6-5-7-20(14-19)16-24-12-3-4-13-24/h5-11,14,18H,3-4,12-13,15-16H2,1-2H3,(H,23,25). The van der Waals surface area contributed by atoms with Crippen LogP contribution in [0.4, 0.5) is 0 Å². The highest BCUT2D eigenvalue weighted by Crippen LogP contribution is 2.15. The van der Waals surface area contributed by atoms with Crippen molar-refractivity contribution in [3.05, 3.63) is 65.2 Å². The normalized spacial score (nSPS) is 15.6. The van der Waals surface area contributed by atoms with Crippen LogP contribution >= 0.6 is 0 Å². The molecule has 1 amide bonds. The average molecular weight is 352 g/mol. The van der Waals surface area contributed by atoms with Gasteiger partial charge in [0.1, 0.15) is 5.75 Å². The molecule has 0 aromatic heterocycles. The number of carbonyl (C=O) groups excluding carboxylic acids is 1. The highest BCUT2D eigenvalue weighted by molar-refractivity contribution is 5.80. The van der Waals surface area contributed by atoms with E-state index in [0.717, 1.165) is 12.1 Å². The molecule has 2 aromatic rings. The molecule has 4 heteroatoms. The number of likely N-dealkylation sites (tertiary alicyclic amines) is 1. The molecule has 138 valence electrons. The summed E-state index contributed by atoms with van der Waals surface area (Å²) in [5.41, 5.74) is 3.60. The molecular weight excluding hydrogens is 324 g/mol. The summed E-state index contributed by atoms with van der Waals surface area (Å²) in [4.78, 5) is 14.8. The Morgan fingerprint density at radius 3 is 2.54 bits per heavy atom. The number of benzene rings is 2. The lowest BCUT2D eigenvalue weighted by Gasteiger charge is -2.16. The number of nitrogens with zero attached hydrogens (tertiary/aromatic N) is 1. The lowest BCUT2D eigenvalue weighted by molar-refractivity contribution is -0.127. The van der Waals surface area contributed by atoms with Crippen LogP contribution in [0.1, 0.15) is 36.5 Å². The lowest BCUT2D eigenvalue weighted by Crippen LogP contribution is -2.35. The SMILES string of the molecule is Cc1ccc(OC(C)C(=O)NCc2cccc(CN3CCCC3)c2)cc1. The summed E-state index contributed by atoms with van der Waals surface area (Å²) >= 11 is 0. The number of rotatable bonds is 7. The Balaban J connectivity index is 1.49. The van der Waals surface area contributed by atoms with Crippen LogP contribution in [0.5, 0.6) is 5.75 Å². The number of amides is 1. The Labute approximate surface area is 156 Å². The van der Waals surface area contributed by atoms with Gasteiger partial charge in [0.2, 0.25) is 0 Å². The number of carbonyl (C=O) groups is 1. The first-order valence-corrected chi connectivity index (χ1v) is 9.41. The third-order valence-electron chi connectivity index (χ3n) is 4.77. The molecule has 1 atom stereocenters. The summed E-state index contributed by atoms with van der Waals surface area (Å²) in [5.74, 6) is 0.612. The molecule has 26 heavy (non-hydrogen) atoms. The highest BCUT2D eigenvalue weighted by Gasteiger charge is 2.15. The minimum Gasteiger partial charge on any atom is -0.481 e. The summed E-state index contributed by atoms with van der Waals surface area (Å²) in [5, 5.41) is 2.97. The molecular formula is C22H28N2O2. The van der Waals surface area contributed by atoms with Gasteiger partial charge in [-0.05, 0) is 63.0 Å². The molecule has 0 aliphatic carbocycles. The molecule has 1 fully saturated rings. The van der Waals surface area contributed by atoms with Gasteiger partial charge in [-0.15, -0.1) is 0 Å². The molecule has 1 aliphatic rings. The minimum atomic E-state index is -0.523. The molecule has 0 bridgehead atoms. The second-order valence-electron chi connectivity index (χ2n) is 7.09. The fraction of sp³-hybridized carbons (Fsp3) is 0.409. The molecule has 0 saturated carbocycles. The predicted octanol–water partition coefficient (Wildman–Crippen LogP) is 3.67. The average Bonchev–Trinajstić information content (AvgIpc) is 3.15. The number of hydrogen-bond donors (Lipinski definition) is 1. The van der Waals surface area contributed by atoms with Crippen LogP contribution in [-0.2, 0) is 17.9 Å². The van der Waals surface area contributed by atoms with E-state index in [2.05, 4.69) is 34.5 Å². The minimum absolute atomic E-state index is 0.101. The van der Waals surface area contributed by atoms with Crippen molar-refractivity contribution in [1.82, 2.24) is 10.2 Å². The summed E-state index contributed by atoms with van der Waals surface area (Å²) < 4.78 is 5.71. The number of ether oxygens (including phenoxy) is 1. The lowest BCUT2D eigenvalue weighted by atomic mass is 10.1. The number of hydrogen-bond acceptors (Lipinski definition) is 3. The molecule has 2 aromatic carbocycles. The van der Waals surface area contributed by atoms with Gasteiger partial charge in [-0.1, -0.05) is 42.0 Å². The molecule has 1 aliphatic heterocycles.